The lowest BCUT2D eigenvalue weighted by Gasteiger charge is -2.64. The lowest BCUT2D eigenvalue weighted by molar-refractivity contribution is -0.212. The zero-order valence-electron chi connectivity index (χ0n) is 19.0. The SMILES string of the molecule is C=CCN1CC[C@]23c4c5ccc(O)c4OC2C(=O)CC[C@@]3(OCCCc2ccccc2)[C@H]1C5. The summed E-state index contributed by atoms with van der Waals surface area (Å²) in [6.07, 6.45) is 6.06. The number of ketones is 1. The lowest BCUT2D eigenvalue weighted by atomic mass is 9.48. The van der Waals surface area contributed by atoms with Crippen molar-refractivity contribution in [2.45, 2.75) is 61.7 Å². The molecule has 1 saturated heterocycles. The molecule has 33 heavy (non-hydrogen) atoms. The number of carbonyl (C=O) groups is 1. The second-order valence-electron chi connectivity index (χ2n) is 9.96. The molecule has 2 aliphatic carbocycles. The highest BCUT2D eigenvalue weighted by atomic mass is 16.5. The van der Waals surface area contributed by atoms with E-state index < -0.39 is 17.1 Å². The molecule has 0 aromatic heterocycles. The maximum absolute atomic E-state index is 13.2. The summed E-state index contributed by atoms with van der Waals surface area (Å²) >= 11 is 0. The van der Waals surface area contributed by atoms with Gasteiger partial charge in [0.2, 0.25) is 0 Å². The molecule has 1 spiro atoms. The van der Waals surface area contributed by atoms with Crippen molar-refractivity contribution in [2.75, 3.05) is 19.7 Å². The molecule has 5 heteroatoms. The van der Waals surface area contributed by atoms with E-state index in [-0.39, 0.29) is 17.6 Å². The van der Waals surface area contributed by atoms with Gasteiger partial charge in [-0.1, -0.05) is 42.5 Å². The number of piperidine rings is 1. The maximum Gasteiger partial charge on any atom is 0.174 e. The lowest BCUT2D eigenvalue weighted by Crippen LogP contribution is -2.77. The molecule has 0 amide bonds. The standard InChI is InChI=1S/C28H31NO4/c1-2-15-29-16-14-27-24-20-10-11-21(30)25(24)33-26(27)22(31)12-13-28(27,23(29)18-20)32-17-6-9-19-7-4-3-5-8-19/h2-5,7-8,10-11,23,26,30H,1,6,9,12-18H2/t23-,26?,27+,28-/m1/s1. The molecular weight excluding hydrogens is 414 g/mol. The number of aromatic hydroxyl groups is 1. The molecule has 2 bridgehead atoms. The van der Waals surface area contributed by atoms with Gasteiger partial charge in [-0.2, -0.15) is 0 Å². The molecule has 2 aromatic carbocycles. The van der Waals surface area contributed by atoms with Crippen molar-refractivity contribution in [2.24, 2.45) is 0 Å². The molecule has 4 atom stereocenters. The van der Waals surface area contributed by atoms with Crippen molar-refractivity contribution in [1.29, 1.82) is 0 Å². The zero-order valence-corrected chi connectivity index (χ0v) is 19.0. The normalized spacial score (nSPS) is 31.7. The van der Waals surface area contributed by atoms with Crippen LogP contribution < -0.4 is 4.74 Å². The predicted molar refractivity (Wildman–Crippen MR) is 126 cm³/mol. The largest absolute Gasteiger partial charge is 0.504 e. The number of Topliss-reactive ketones (excluding diaryl/α,β-unsaturated/α-hetero) is 1. The highest BCUT2D eigenvalue weighted by Gasteiger charge is 2.74. The molecule has 2 heterocycles. The van der Waals surface area contributed by atoms with Gasteiger partial charge < -0.3 is 14.6 Å². The van der Waals surface area contributed by atoms with Gasteiger partial charge >= 0.3 is 0 Å². The van der Waals surface area contributed by atoms with Crippen LogP contribution in [-0.2, 0) is 27.8 Å². The van der Waals surface area contributed by atoms with E-state index in [1.54, 1.807) is 6.07 Å². The van der Waals surface area contributed by atoms with Gasteiger partial charge in [-0.05, 0) is 49.3 Å². The van der Waals surface area contributed by atoms with Crippen LogP contribution in [0.15, 0.2) is 55.1 Å². The number of hydrogen-bond acceptors (Lipinski definition) is 5. The van der Waals surface area contributed by atoms with Crippen LogP contribution in [0.5, 0.6) is 11.5 Å². The van der Waals surface area contributed by atoms with E-state index in [0.29, 0.717) is 25.2 Å². The number of nitrogens with zero attached hydrogens (tertiary/aromatic N) is 1. The Kier molecular flexibility index (Phi) is 4.89. The highest BCUT2D eigenvalue weighted by molar-refractivity contribution is 5.90. The van der Waals surface area contributed by atoms with Gasteiger partial charge in [0.1, 0.15) is 0 Å². The van der Waals surface area contributed by atoms with Crippen LogP contribution in [0.2, 0.25) is 0 Å². The fourth-order valence-electron chi connectivity index (χ4n) is 7.24. The third-order valence-corrected chi connectivity index (χ3v) is 8.50. The van der Waals surface area contributed by atoms with Crippen molar-refractivity contribution in [3.05, 3.63) is 71.8 Å². The van der Waals surface area contributed by atoms with Crippen LogP contribution in [-0.4, -0.2) is 53.2 Å². The Morgan fingerprint density at radius 2 is 2.06 bits per heavy atom. The minimum Gasteiger partial charge on any atom is -0.504 e. The highest BCUT2D eigenvalue weighted by Crippen LogP contribution is 2.66. The topological polar surface area (TPSA) is 59.0 Å². The Balaban J connectivity index is 1.41. The molecular formula is C28H31NO4. The van der Waals surface area contributed by atoms with Crippen LogP contribution in [0.4, 0.5) is 0 Å². The number of rotatable bonds is 7. The summed E-state index contributed by atoms with van der Waals surface area (Å²) in [4.78, 5) is 15.7. The number of aryl methyl sites for hydroxylation is 1. The molecule has 172 valence electrons. The monoisotopic (exact) mass is 445 g/mol. The van der Waals surface area contributed by atoms with Gasteiger partial charge in [-0.25, -0.2) is 0 Å². The van der Waals surface area contributed by atoms with E-state index in [9.17, 15) is 9.90 Å². The van der Waals surface area contributed by atoms with Crippen molar-refractivity contribution in [3.63, 3.8) is 0 Å². The Labute approximate surface area is 195 Å². The second kappa shape index (κ2) is 7.71. The van der Waals surface area contributed by atoms with Gasteiger partial charge in [0, 0.05) is 37.7 Å². The van der Waals surface area contributed by atoms with Gasteiger partial charge in [-0.15, -0.1) is 6.58 Å². The zero-order chi connectivity index (χ0) is 22.6. The molecule has 1 unspecified atom stereocenters. The first-order chi connectivity index (χ1) is 16.1. The van der Waals surface area contributed by atoms with Crippen LogP contribution in [0, 0.1) is 0 Å². The Bertz CT molecular complexity index is 1100. The molecule has 2 fully saturated rings. The summed E-state index contributed by atoms with van der Waals surface area (Å²) in [5.74, 6) is 0.786. The van der Waals surface area contributed by atoms with E-state index in [1.165, 1.54) is 11.1 Å². The number of phenols is 1. The van der Waals surface area contributed by atoms with E-state index in [1.807, 2.05) is 18.2 Å². The number of likely N-dealkylation sites (tertiary alicyclic amines) is 1. The summed E-state index contributed by atoms with van der Waals surface area (Å²) < 4.78 is 13.3. The fraction of sp³-hybridized carbons (Fsp3) is 0.464. The molecule has 2 aliphatic heterocycles. The average Bonchev–Trinajstić information content (AvgIpc) is 3.19. The summed E-state index contributed by atoms with van der Waals surface area (Å²) in [6, 6.07) is 14.4. The summed E-state index contributed by atoms with van der Waals surface area (Å²) in [5, 5.41) is 10.7. The van der Waals surface area contributed by atoms with Crippen molar-refractivity contribution in [3.8, 4) is 11.5 Å². The number of phenolic OH excluding ortho intramolecular Hbond substituents is 1. The van der Waals surface area contributed by atoms with Crippen LogP contribution >= 0.6 is 0 Å². The molecule has 1 saturated carbocycles. The van der Waals surface area contributed by atoms with E-state index in [4.69, 9.17) is 9.47 Å². The van der Waals surface area contributed by atoms with Crippen molar-refractivity contribution < 1.29 is 19.4 Å². The summed E-state index contributed by atoms with van der Waals surface area (Å²) in [5.41, 5.74) is 2.50. The van der Waals surface area contributed by atoms with E-state index in [0.717, 1.165) is 44.3 Å². The minimum atomic E-state index is -0.573. The Hall–Kier alpha value is -2.63. The third-order valence-electron chi connectivity index (χ3n) is 8.50. The van der Waals surface area contributed by atoms with Gasteiger partial charge in [0.15, 0.2) is 23.4 Å². The Morgan fingerprint density at radius 1 is 1.21 bits per heavy atom. The van der Waals surface area contributed by atoms with E-state index >= 15 is 0 Å². The average molecular weight is 446 g/mol. The van der Waals surface area contributed by atoms with Crippen LogP contribution in [0.3, 0.4) is 0 Å². The summed E-state index contributed by atoms with van der Waals surface area (Å²) in [7, 11) is 0. The van der Waals surface area contributed by atoms with Crippen molar-refractivity contribution >= 4 is 5.78 Å². The molecule has 0 radical (unpaired) electrons. The van der Waals surface area contributed by atoms with Crippen LogP contribution in [0.1, 0.15) is 42.4 Å². The smallest absolute Gasteiger partial charge is 0.174 e. The molecule has 4 aliphatic rings. The molecule has 6 rings (SSSR count). The number of carbonyl (C=O) groups excluding carboxylic acids is 1. The van der Waals surface area contributed by atoms with Gasteiger partial charge in [0.05, 0.1) is 11.0 Å². The minimum absolute atomic E-state index is 0.135. The predicted octanol–water partition coefficient (Wildman–Crippen LogP) is 3.96. The van der Waals surface area contributed by atoms with Gasteiger partial charge in [0.25, 0.3) is 0 Å². The molecule has 5 nitrogen and oxygen atoms in total. The first-order valence-corrected chi connectivity index (χ1v) is 12.2. The molecule has 1 N–H and O–H groups in total. The summed E-state index contributed by atoms with van der Waals surface area (Å²) in [6.45, 7) is 6.30. The van der Waals surface area contributed by atoms with Gasteiger partial charge in [-0.3, -0.25) is 9.69 Å². The van der Waals surface area contributed by atoms with Crippen LogP contribution in [0.25, 0.3) is 0 Å². The first-order valence-electron chi connectivity index (χ1n) is 12.2. The molecule has 2 aromatic rings. The first kappa shape index (κ1) is 20.9. The number of ether oxygens (including phenoxy) is 2. The number of benzene rings is 2. The third kappa shape index (κ3) is 2.82. The number of hydrogen-bond donors (Lipinski definition) is 1. The fourth-order valence-corrected chi connectivity index (χ4v) is 7.24. The van der Waals surface area contributed by atoms with Crippen molar-refractivity contribution in [1.82, 2.24) is 4.90 Å². The second-order valence-corrected chi connectivity index (χ2v) is 9.96. The maximum atomic E-state index is 13.2. The van der Waals surface area contributed by atoms with E-state index in [2.05, 4.69) is 35.7 Å². The quantitative estimate of drug-likeness (QED) is 0.517. The Morgan fingerprint density at radius 3 is 2.88 bits per heavy atom.